The summed E-state index contributed by atoms with van der Waals surface area (Å²) in [5, 5.41) is 0. The standard InChI is InChI=1S/C54H48O3/c1-4-28-55-52-37-49-34-47-32-44(26-23-41-18-12-8-13-19-41)54(57-30-6-3)39-51(47)36-48-33-45(27-24-42-20-14-9-15-21-42)53(56-29-5-2)38-50(48)35-46(49)31-43(52)25-22-40-16-10-7-11-17-40/h7-21,31-33,37-39H,4-6,28-30,34-36H2,1-3H3. The van der Waals surface area contributed by atoms with Gasteiger partial charge in [-0.3, -0.25) is 0 Å². The average molecular weight is 745 g/mol. The SMILES string of the molecule is CCCOc1cc2c(cc1C#Cc1ccccc1)Cc1cc(OCCC)c(C#Cc3ccccc3)cc1Cc1cc(OCCC)c(C#Cc3ccccc3)cc1C2. The molecule has 0 N–H and O–H groups in total. The first-order valence-electron chi connectivity index (χ1n) is 20.2. The van der Waals surface area contributed by atoms with E-state index in [1.807, 2.05) is 91.0 Å². The molecule has 0 saturated carbocycles. The van der Waals surface area contributed by atoms with Gasteiger partial charge in [0.15, 0.2) is 0 Å². The minimum atomic E-state index is 0.612. The smallest absolute Gasteiger partial charge is 0.135 e. The molecule has 282 valence electrons. The predicted octanol–water partition coefficient (Wildman–Crippen LogP) is 11.3. The van der Waals surface area contributed by atoms with Gasteiger partial charge in [-0.05, 0) is 145 Å². The second-order valence-electron chi connectivity index (χ2n) is 14.3. The van der Waals surface area contributed by atoms with Crippen LogP contribution in [0.15, 0.2) is 127 Å². The van der Waals surface area contributed by atoms with Gasteiger partial charge in [-0.15, -0.1) is 0 Å². The summed E-state index contributed by atoms with van der Waals surface area (Å²) in [7, 11) is 0. The highest BCUT2D eigenvalue weighted by molar-refractivity contribution is 5.61. The van der Waals surface area contributed by atoms with Crippen molar-refractivity contribution in [2.75, 3.05) is 19.8 Å². The first-order chi connectivity index (χ1) is 28.1. The van der Waals surface area contributed by atoms with Gasteiger partial charge in [-0.2, -0.15) is 0 Å². The van der Waals surface area contributed by atoms with Crippen molar-refractivity contribution >= 4 is 0 Å². The summed E-state index contributed by atoms with van der Waals surface area (Å²) >= 11 is 0. The summed E-state index contributed by atoms with van der Waals surface area (Å²) in [6.07, 6.45) is 4.83. The first kappa shape index (κ1) is 38.7. The van der Waals surface area contributed by atoms with E-state index in [9.17, 15) is 0 Å². The normalized spacial score (nSPS) is 11.2. The van der Waals surface area contributed by atoms with E-state index in [0.29, 0.717) is 39.1 Å². The topological polar surface area (TPSA) is 27.7 Å². The van der Waals surface area contributed by atoms with Crippen molar-refractivity contribution in [3.63, 3.8) is 0 Å². The maximum Gasteiger partial charge on any atom is 0.135 e. The Labute approximate surface area is 339 Å². The third-order valence-electron chi connectivity index (χ3n) is 9.78. The van der Waals surface area contributed by atoms with Crippen LogP contribution in [0.2, 0.25) is 0 Å². The van der Waals surface area contributed by atoms with Crippen LogP contribution in [-0.4, -0.2) is 19.8 Å². The van der Waals surface area contributed by atoms with E-state index in [4.69, 9.17) is 14.2 Å². The molecule has 0 aliphatic heterocycles. The molecule has 0 aromatic heterocycles. The molecule has 0 unspecified atom stereocenters. The van der Waals surface area contributed by atoms with Crippen LogP contribution in [0.1, 0.15) is 107 Å². The van der Waals surface area contributed by atoms with Gasteiger partial charge in [0, 0.05) is 16.7 Å². The Bertz CT molecular complexity index is 2220. The van der Waals surface area contributed by atoms with Gasteiger partial charge < -0.3 is 14.2 Å². The van der Waals surface area contributed by atoms with Gasteiger partial charge in [-0.1, -0.05) is 111 Å². The molecule has 0 spiro atoms. The minimum absolute atomic E-state index is 0.612. The van der Waals surface area contributed by atoms with Crippen LogP contribution in [0, 0.1) is 35.5 Å². The van der Waals surface area contributed by atoms with Crippen LogP contribution in [0.5, 0.6) is 17.2 Å². The molecule has 6 aromatic carbocycles. The lowest BCUT2D eigenvalue weighted by molar-refractivity contribution is 0.316. The minimum Gasteiger partial charge on any atom is -0.492 e. The van der Waals surface area contributed by atoms with Crippen LogP contribution in [0.4, 0.5) is 0 Å². The van der Waals surface area contributed by atoms with Crippen molar-refractivity contribution in [2.45, 2.75) is 59.3 Å². The summed E-state index contributed by atoms with van der Waals surface area (Å²) in [6, 6.07) is 43.8. The molecular weight excluding hydrogens is 697 g/mol. The number of hydrogen-bond acceptors (Lipinski definition) is 3. The zero-order valence-corrected chi connectivity index (χ0v) is 33.2. The molecule has 1 aliphatic carbocycles. The molecule has 0 heterocycles. The van der Waals surface area contributed by atoms with Crippen LogP contribution in [0.25, 0.3) is 0 Å². The van der Waals surface area contributed by atoms with Gasteiger partial charge in [0.1, 0.15) is 17.2 Å². The van der Waals surface area contributed by atoms with E-state index in [1.165, 1.54) is 33.4 Å². The third-order valence-corrected chi connectivity index (χ3v) is 9.78. The second kappa shape index (κ2) is 19.3. The molecule has 0 bridgehead atoms. The summed E-state index contributed by atoms with van der Waals surface area (Å²) in [5.41, 5.74) is 12.8. The fraction of sp³-hybridized carbons (Fsp3) is 0.222. The van der Waals surface area contributed by atoms with Crippen molar-refractivity contribution in [1.29, 1.82) is 0 Å². The van der Waals surface area contributed by atoms with Crippen molar-refractivity contribution in [3.8, 4) is 52.8 Å². The summed E-state index contributed by atoms with van der Waals surface area (Å²) in [5.74, 6) is 23.0. The molecule has 0 atom stereocenters. The Morgan fingerprint density at radius 3 is 0.877 bits per heavy atom. The van der Waals surface area contributed by atoms with E-state index in [0.717, 1.165) is 69.9 Å². The van der Waals surface area contributed by atoms with Crippen LogP contribution < -0.4 is 14.2 Å². The quantitative estimate of drug-likeness (QED) is 0.138. The van der Waals surface area contributed by atoms with Gasteiger partial charge in [0.05, 0.1) is 36.5 Å². The predicted molar refractivity (Wildman–Crippen MR) is 232 cm³/mol. The van der Waals surface area contributed by atoms with Gasteiger partial charge in [0.25, 0.3) is 0 Å². The second-order valence-corrected chi connectivity index (χ2v) is 14.3. The van der Waals surface area contributed by atoms with E-state index < -0.39 is 0 Å². The fourth-order valence-electron chi connectivity index (χ4n) is 6.87. The first-order valence-corrected chi connectivity index (χ1v) is 20.2. The Kier molecular flexibility index (Phi) is 13.1. The Balaban J connectivity index is 1.44. The highest BCUT2D eigenvalue weighted by Gasteiger charge is 2.21. The molecule has 7 rings (SSSR count). The number of ether oxygens (including phenoxy) is 3. The molecule has 0 radical (unpaired) electrons. The molecule has 0 fully saturated rings. The molecule has 6 aromatic rings. The largest absolute Gasteiger partial charge is 0.492 e. The zero-order valence-electron chi connectivity index (χ0n) is 33.2. The maximum absolute atomic E-state index is 6.44. The molecule has 1 aliphatic rings. The van der Waals surface area contributed by atoms with Crippen molar-refractivity contribution in [1.82, 2.24) is 0 Å². The molecule has 0 amide bonds. The van der Waals surface area contributed by atoms with Crippen LogP contribution in [-0.2, 0) is 19.3 Å². The van der Waals surface area contributed by atoms with Crippen molar-refractivity contribution in [2.24, 2.45) is 0 Å². The highest BCUT2D eigenvalue weighted by Crippen LogP contribution is 2.36. The molecule has 3 nitrogen and oxygen atoms in total. The lowest BCUT2D eigenvalue weighted by Crippen LogP contribution is -2.05. The average Bonchev–Trinajstić information content (AvgIpc) is 3.30. The summed E-state index contributed by atoms with van der Waals surface area (Å²) in [6.45, 7) is 8.23. The van der Waals surface area contributed by atoms with Gasteiger partial charge in [0.2, 0.25) is 0 Å². The molecule has 3 heteroatoms. The number of rotatable bonds is 9. The Morgan fingerprint density at radius 2 is 0.614 bits per heavy atom. The molecule has 57 heavy (non-hydrogen) atoms. The lowest BCUT2D eigenvalue weighted by atomic mass is 9.92. The summed E-state index contributed by atoms with van der Waals surface area (Å²) in [4.78, 5) is 0. The van der Waals surface area contributed by atoms with Gasteiger partial charge >= 0.3 is 0 Å². The van der Waals surface area contributed by atoms with E-state index in [-0.39, 0.29) is 0 Å². The maximum atomic E-state index is 6.44. The van der Waals surface area contributed by atoms with Crippen LogP contribution in [0.3, 0.4) is 0 Å². The Hall–Kier alpha value is -6.60. The van der Waals surface area contributed by atoms with Crippen LogP contribution >= 0.6 is 0 Å². The molecule has 0 saturated heterocycles. The monoisotopic (exact) mass is 744 g/mol. The van der Waals surface area contributed by atoms with Crippen molar-refractivity contribution in [3.05, 3.63) is 194 Å². The molecular formula is C54H48O3. The third kappa shape index (κ3) is 10.2. The van der Waals surface area contributed by atoms with E-state index in [1.54, 1.807) is 0 Å². The number of benzene rings is 6. The van der Waals surface area contributed by atoms with E-state index >= 15 is 0 Å². The summed E-state index contributed by atoms with van der Waals surface area (Å²) < 4.78 is 19.3. The zero-order chi connectivity index (χ0) is 39.2. The lowest BCUT2D eigenvalue weighted by Gasteiger charge is -2.17. The highest BCUT2D eigenvalue weighted by atomic mass is 16.5. The van der Waals surface area contributed by atoms with Crippen molar-refractivity contribution < 1.29 is 14.2 Å². The number of fused-ring (bicyclic) bond motifs is 3. The number of hydrogen-bond donors (Lipinski definition) is 0. The fourth-order valence-corrected chi connectivity index (χ4v) is 6.87. The Morgan fingerprint density at radius 1 is 0.351 bits per heavy atom. The van der Waals surface area contributed by atoms with Gasteiger partial charge in [-0.25, -0.2) is 0 Å². The van der Waals surface area contributed by atoms with E-state index in [2.05, 4.69) is 92.7 Å².